The van der Waals surface area contributed by atoms with Crippen molar-refractivity contribution < 1.29 is 9.84 Å². The smallest absolute Gasteiger partial charge is 0.232 e. The summed E-state index contributed by atoms with van der Waals surface area (Å²) in [6.07, 6.45) is 1.64. The van der Waals surface area contributed by atoms with E-state index in [1.165, 1.54) is 11.8 Å². The third-order valence-corrected chi connectivity index (χ3v) is 6.52. The molecule has 1 aliphatic heterocycles. The van der Waals surface area contributed by atoms with E-state index in [1.807, 2.05) is 31.2 Å². The summed E-state index contributed by atoms with van der Waals surface area (Å²) < 4.78 is 5.42. The molecule has 1 aromatic carbocycles. The van der Waals surface area contributed by atoms with Gasteiger partial charge in [-0.15, -0.1) is 11.8 Å². The lowest BCUT2D eigenvalue weighted by Gasteiger charge is -2.25. The number of nitrogens with zero attached hydrogens (tertiary/aromatic N) is 5. The van der Waals surface area contributed by atoms with E-state index in [9.17, 15) is 5.26 Å². The van der Waals surface area contributed by atoms with Crippen LogP contribution in [-0.4, -0.2) is 61.4 Å². The van der Waals surface area contributed by atoms with Gasteiger partial charge in [-0.25, -0.2) is 9.83 Å². The van der Waals surface area contributed by atoms with Gasteiger partial charge in [-0.05, 0) is 49.7 Å². The Kier molecular flexibility index (Phi) is 8.75. The van der Waals surface area contributed by atoms with Crippen LogP contribution in [0, 0.1) is 17.9 Å². The highest BCUT2D eigenvalue weighted by atomic mass is 32.2. The van der Waals surface area contributed by atoms with Crippen LogP contribution >= 0.6 is 11.8 Å². The van der Waals surface area contributed by atoms with Crippen LogP contribution in [0.4, 0.5) is 11.5 Å². The summed E-state index contributed by atoms with van der Waals surface area (Å²) in [7, 11) is 2.12. The zero-order chi connectivity index (χ0) is 22.9. The van der Waals surface area contributed by atoms with E-state index in [2.05, 4.69) is 27.8 Å². The van der Waals surface area contributed by atoms with Crippen molar-refractivity contribution in [3.63, 3.8) is 0 Å². The highest BCUT2D eigenvalue weighted by Crippen LogP contribution is 2.39. The Morgan fingerprint density at radius 1 is 1.25 bits per heavy atom. The lowest BCUT2D eigenvalue weighted by atomic mass is 10.1. The lowest BCUT2D eigenvalue weighted by Crippen LogP contribution is -2.29. The van der Waals surface area contributed by atoms with Gasteiger partial charge in [0, 0.05) is 25.4 Å². The fourth-order valence-corrected chi connectivity index (χ4v) is 4.70. The Hall–Kier alpha value is -2.78. The number of nitriles is 1. The first-order valence-corrected chi connectivity index (χ1v) is 11.8. The third-order valence-electron chi connectivity index (χ3n) is 5.48. The molecule has 7 nitrogen and oxygen atoms in total. The zero-order valence-electron chi connectivity index (χ0n) is 18.7. The summed E-state index contributed by atoms with van der Waals surface area (Å²) >= 11 is 1.53. The van der Waals surface area contributed by atoms with Crippen LogP contribution in [0.3, 0.4) is 0 Å². The van der Waals surface area contributed by atoms with Crippen molar-refractivity contribution >= 4 is 23.3 Å². The van der Waals surface area contributed by atoms with Gasteiger partial charge in [0.2, 0.25) is 5.69 Å². The van der Waals surface area contributed by atoms with Crippen molar-refractivity contribution in [2.24, 2.45) is 0 Å². The van der Waals surface area contributed by atoms with Gasteiger partial charge < -0.3 is 19.6 Å². The average Bonchev–Trinajstić information content (AvgIpc) is 3.05. The Labute approximate surface area is 194 Å². The van der Waals surface area contributed by atoms with Crippen molar-refractivity contribution in [1.82, 2.24) is 9.88 Å². The second-order valence-electron chi connectivity index (χ2n) is 7.67. The number of benzene rings is 1. The molecule has 168 valence electrons. The molecule has 0 amide bonds. The van der Waals surface area contributed by atoms with Gasteiger partial charge in [0.25, 0.3) is 0 Å². The van der Waals surface area contributed by atoms with E-state index in [0.29, 0.717) is 40.0 Å². The SMILES string of the molecule is [C-]#[N+]c1c(N2CCCN(C)CC2)nc(SCc2ccc(OCCO)cc2)c(C#N)c1CC. The molecule has 1 fully saturated rings. The van der Waals surface area contributed by atoms with Crippen LogP contribution in [-0.2, 0) is 12.2 Å². The van der Waals surface area contributed by atoms with Gasteiger partial charge in [0.05, 0.1) is 18.7 Å². The number of hydrogen-bond donors (Lipinski definition) is 1. The first kappa shape index (κ1) is 23.9. The summed E-state index contributed by atoms with van der Waals surface area (Å²) in [6, 6.07) is 10.0. The minimum absolute atomic E-state index is 0.0176. The molecule has 0 bridgehead atoms. The zero-order valence-corrected chi connectivity index (χ0v) is 19.5. The normalized spacial score (nSPS) is 14.5. The summed E-state index contributed by atoms with van der Waals surface area (Å²) in [5.41, 5.74) is 2.91. The van der Waals surface area contributed by atoms with Crippen molar-refractivity contribution in [2.75, 3.05) is 51.3 Å². The van der Waals surface area contributed by atoms with Gasteiger partial charge >= 0.3 is 0 Å². The first-order chi connectivity index (χ1) is 15.6. The van der Waals surface area contributed by atoms with E-state index in [1.54, 1.807) is 0 Å². The summed E-state index contributed by atoms with van der Waals surface area (Å²) in [5, 5.41) is 19.5. The van der Waals surface area contributed by atoms with Gasteiger partial charge in [0.1, 0.15) is 29.3 Å². The second kappa shape index (κ2) is 11.7. The molecule has 2 aromatic rings. The maximum Gasteiger partial charge on any atom is 0.232 e. The fraction of sp³-hybridized carbons (Fsp3) is 0.458. The maximum atomic E-state index is 9.88. The number of aliphatic hydroxyl groups excluding tert-OH is 1. The predicted molar refractivity (Wildman–Crippen MR) is 128 cm³/mol. The standard InChI is InChI=1S/C24H29N5O2S/c1-4-20-21(16-25)24(32-17-18-6-8-19(9-7-18)31-15-14-30)27-23(22(20)26-2)29-11-5-10-28(3)12-13-29/h6-9,30H,4-5,10-15,17H2,1,3H3. The van der Waals surface area contributed by atoms with Crippen LogP contribution in [0.25, 0.3) is 4.85 Å². The molecule has 0 aliphatic carbocycles. The number of hydrogen-bond acceptors (Lipinski definition) is 7. The molecule has 8 heteroatoms. The molecule has 0 saturated carbocycles. The minimum Gasteiger partial charge on any atom is -0.491 e. The van der Waals surface area contributed by atoms with Crippen LogP contribution < -0.4 is 9.64 Å². The van der Waals surface area contributed by atoms with E-state index in [0.717, 1.165) is 43.7 Å². The molecule has 32 heavy (non-hydrogen) atoms. The Morgan fingerprint density at radius 3 is 2.69 bits per heavy atom. The van der Waals surface area contributed by atoms with Gasteiger partial charge in [-0.1, -0.05) is 19.1 Å². The summed E-state index contributed by atoms with van der Waals surface area (Å²) in [4.78, 5) is 13.2. The molecule has 1 saturated heterocycles. The molecule has 1 aromatic heterocycles. The molecule has 3 rings (SSSR count). The van der Waals surface area contributed by atoms with E-state index < -0.39 is 0 Å². The number of rotatable bonds is 8. The molecule has 0 atom stereocenters. The fourth-order valence-electron chi connectivity index (χ4n) is 3.74. The molecule has 0 spiro atoms. The van der Waals surface area contributed by atoms with Crippen LogP contribution in [0.1, 0.15) is 30.0 Å². The largest absolute Gasteiger partial charge is 0.491 e. The third kappa shape index (κ3) is 5.72. The summed E-state index contributed by atoms with van der Waals surface area (Å²) in [6.45, 7) is 13.7. The molecular weight excluding hydrogens is 422 g/mol. The molecule has 0 radical (unpaired) electrons. The lowest BCUT2D eigenvalue weighted by molar-refractivity contribution is 0.201. The van der Waals surface area contributed by atoms with Crippen molar-refractivity contribution in [3.8, 4) is 11.8 Å². The topological polar surface area (TPSA) is 77.0 Å². The van der Waals surface area contributed by atoms with Crippen LogP contribution in [0.2, 0.25) is 0 Å². The average molecular weight is 452 g/mol. The van der Waals surface area contributed by atoms with Crippen molar-refractivity contribution in [2.45, 2.75) is 30.5 Å². The number of aromatic nitrogens is 1. The number of aliphatic hydroxyl groups is 1. The number of thioether (sulfide) groups is 1. The molecule has 1 N–H and O–H groups in total. The Morgan fingerprint density at radius 2 is 2.03 bits per heavy atom. The molecular formula is C24H29N5O2S. The maximum absolute atomic E-state index is 9.88. The van der Waals surface area contributed by atoms with E-state index >= 15 is 0 Å². The number of ether oxygens (including phenoxy) is 1. The molecule has 2 heterocycles. The number of pyridine rings is 1. The first-order valence-electron chi connectivity index (χ1n) is 10.8. The Bertz CT molecular complexity index is 997. The molecule has 0 unspecified atom stereocenters. The highest BCUT2D eigenvalue weighted by molar-refractivity contribution is 7.98. The van der Waals surface area contributed by atoms with Gasteiger partial charge in [-0.3, -0.25) is 0 Å². The van der Waals surface area contributed by atoms with E-state index in [4.69, 9.17) is 21.4 Å². The predicted octanol–water partition coefficient (Wildman–Crippen LogP) is 3.87. The van der Waals surface area contributed by atoms with E-state index in [-0.39, 0.29) is 13.2 Å². The molecule has 1 aliphatic rings. The second-order valence-corrected chi connectivity index (χ2v) is 8.63. The minimum atomic E-state index is -0.0176. The monoisotopic (exact) mass is 451 g/mol. The number of likely N-dealkylation sites (N-methyl/N-ethyl adjacent to an activating group) is 1. The van der Waals surface area contributed by atoms with Gasteiger partial charge in [0.15, 0.2) is 0 Å². The van der Waals surface area contributed by atoms with Crippen molar-refractivity contribution in [1.29, 1.82) is 5.26 Å². The quantitative estimate of drug-likeness (QED) is 0.482. The van der Waals surface area contributed by atoms with Gasteiger partial charge in [-0.2, -0.15) is 5.26 Å². The number of anilines is 1. The van der Waals surface area contributed by atoms with Crippen LogP contribution in [0.15, 0.2) is 29.3 Å². The summed E-state index contributed by atoms with van der Waals surface area (Å²) in [5.74, 6) is 2.08. The highest BCUT2D eigenvalue weighted by Gasteiger charge is 2.24. The van der Waals surface area contributed by atoms with Crippen LogP contribution in [0.5, 0.6) is 5.75 Å². The Balaban J connectivity index is 1.89. The van der Waals surface area contributed by atoms with Crippen molar-refractivity contribution in [3.05, 3.63) is 52.4 Å².